The molecule has 3 aromatic rings. The van der Waals surface area contributed by atoms with Gasteiger partial charge in [-0.05, 0) is 54.0 Å². The van der Waals surface area contributed by atoms with Gasteiger partial charge in [0.2, 0.25) is 5.95 Å². The molecule has 1 heterocycles. The zero-order valence-corrected chi connectivity index (χ0v) is 20.7. The minimum absolute atomic E-state index is 0.0331. The third-order valence-corrected chi connectivity index (χ3v) is 5.92. The molecule has 0 fully saturated rings. The lowest BCUT2D eigenvalue weighted by Gasteiger charge is -2.22. The second-order valence-corrected chi connectivity index (χ2v) is 9.00. The number of hydrogen-bond acceptors (Lipinski definition) is 5. The van der Waals surface area contributed by atoms with Crippen LogP contribution in [0.2, 0.25) is 0 Å². The van der Waals surface area contributed by atoms with Crippen molar-refractivity contribution in [3.63, 3.8) is 0 Å². The maximum Gasteiger partial charge on any atom is 0.222 e. The zero-order valence-electron chi connectivity index (χ0n) is 20.7. The fourth-order valence-electron chi connectivity index (χ4n) is 4.08. The van der Waals surface area contributed by atoms with Gasteiger partial charge in [0.25, 0.3) is 0 Å². The molecule has 0 spiro atoms. The molecular formula is C28H34N4O. The summed E-state index contributed by atoms with van der Waals surface area (Å²) in [6, 6.07) is 13.0. The predicted molar refractivity (Wildman–Crippen MR) is 137 cm³/mol. The van der Waals surface area contributed by atoms with Crippen LogP contribution < -0.4 is 16.2 Å². The van der Waals surface area contributed by atoms with Crippen molar-refractivity contribution in [1.82, 2.24) is 9.97 Å². The summed E-state index contributed by atoms with van der Waals surface area (Å²) < 4.78 is 5.87. The molecule has 0 aliphatic carbocycles. The van der Waals surface area contributed by atoms with Crippen molar-refractivity contribution in [3.05, 3.63) is 64.3 Å². The largest absolute Gasteiger partial charge is 0.496 e. The molecule has 0 aliphatic rings. The van der Waals surface area contributed by atoms with Crippen LogP contribution in [0.5, 0.6) is 5.75 Å². The normalized spacial score (nSPS) is 11.9. The van der Waals surface area contributed by atoms with Gasteiger partial charge in [0.1, 0.15) is 11.6 Å². The molecule has 0 aliphatic heterocycles. The number of aromatic nitrogens is 2. The number of methoxy groups -OCH3 is 1. The molecule has 5 nitrogen and oxygen atoms in total. The summed E-state index contributed by atoms with van der Waals surface area (Å²) in [5.74, 6) is 8.51. The number of ether oxygens (including phenoxy) is 1. The second-order valence-electron chi connectivity index (χ2n) is 9.00. The van der Waals surface area contributed by atoms with Crippen LogP contribution in [0, 0.1) is 18.8 Å². The molecule has 0 saturated heterocycles. The van der Waals surface area contributed by atoms with Gasteiger partial charge in [0.05, 0.1) is 18.4 Å². The quantitative estimate of drug-likeness (QED) is 0.471. The summed E-state index contributed by atoms with van der Waals surface area (Å²) >= 11 is 0. The molecule has 3 rings (SSSR count). The molecule has 2 aromatic carbocycles. The van der Waals surface area contributed by atoms with E-state index in [2.05, 4.69) is 92.8 Å². The molecule has 0 radical (unpaired) electrons. The van der Waals surface area contributed by atoms with Crippen molar-refractivity contribution >= 4 is 11.8 Å². The monoisotopic (exact) mass is 442 g/mol. The van der Waals surface area contributed by atoms with Gasteiger partial charge in [-0.1, -0.05) is 69.9 Å². The topological polar surface area (TPSA) is 87.0 Å². The number of nitrogens with two attached hydrogens (primary N) is 2. The van der Waals surface area contributed by atoms with Crippen molar-refractivity contribution in [3.8, 4) is 28.7 Å². The van der Waals surface area contributed by atoms with Crippen molar-refractivity contribution in [2.24, 2.45) is 0 Å². The van der Waals surface area contributed by atoms with E-state index in [9.17, 15) is 0 Å². The van der Waals surface area contributed by atoms with Crippen molar-refractivity contribution in [2.45, 2.75) is 59.3 Å². The maximum absolute atomic E-state index is 6.00. The Morgan fingerprint density at radius 1 is 0.909 bits per heavy atom. The van der Waals surface area contributed by atoms with E-state index in [0.29, 0.717) is 28.9 Å². The lowest BCUT2D eigenvalue weighted by molar-refractivity contribution is 0.415. The minimum atomic E-state index is -0.0331. The molecule has 33 heavy (non-hydrogen) atoms. The summed E-state index contributed by atoms with van der Waals surface area (Å²) in [4.78, 5) is 8.19. The Kier molecular flexibility index (Phi) is 7.28. The number of anilines is 2. The molecule has 0 amide bonds. The first-order valence-corrected chi connectivity index (χ1v) is 11.4. The minimum Gasteiger partial charge on any atom is -0.496 e. The Balaban J connectivity index is 2.06. The number of nitrogen functional groups attached to an aromatic ring is 2. The predicted octanol–water partition coefficient (Wildman–Crippen LogP) is 6.03. The molecule has 1 atom stereocenters. The molecule has 0 unspecified atom stereocenters. The van der Waals surface area contributed by atoms with Gasteiger partial charge in [-0.15, -0.1) is 0 Å². The van der Waals surface area contributed by atoms with Crippen molar-refractivity contribution in [1.29, 1.82) is 0 Å². The average Bonchev–Trinajstić information content (AvgIpc) is 2.77. The Morgan fingerprint density at radius 2 is 1.55 bits per heavy atom. The molecule has 1 aromatic heterocycles. The van der Waals surface area contributed by atoms with Crippen LogP contribution in [0.3, 0.4) is 0 Å². The van der Waals surface area contributed by atoms with Crippen LogP contribution in [-0.4, -0.2) is 17.1 Å². The number of benzene rings is 2. The van der Waals surface area contributed by atoms with Crippen LogP contribution in [0.15, 0.2) is 36.4 Å². The number of nitrogens with zero attached hydrogens (tertiary/aromatic N) is 2. The van der Waals surface area contributed by atoms with E-state index >= 15 is 0 Å². The summed E-state index contributed by atoms with van der Waals surface area (Å²) in [6.07, 6.45) is 0. The first-order chi connectivity index (χ1) is 15.6. The van der Waals surface area contributed by atoms with Gasteiger partial charge < -0.3 is 16.2 Å². The third-order valence-electron chi connectivity index (χ3n) is 5.92. The second kappa shape index (κ2) is 9.95. The highest BCUT2D eigenvalue weighted by Gasteiger charge is 2.19. The highest BCUT2D eigenvalue weighted by Crippen LogP contribution is 2.41. The summed E-state index contributed by atoms with van der Waals surface area (Å²) in [7, 11) is 1.72. The van der Waals surface area contributed by atoms with Gasteiger partial charge in [-0.3, -0.25) is 0 Å². The van der Waals surface area contributed by atoms with E-state index < -0.39 is 0 Å². The Labute approximate surface area is 197 Å². The standard InChI is InChI=1S/C28H34N4O/c1-16(2)21-9-8-10-22(17(3)4)26(21)24-14-12-20(15-25(24)33-7)18(5)11-13-23-19(6)31-28(30)32-27(23)29/h8-10,12,14-18H,1-7H3,(H4,29,30,31,32)/t18-/m0/s1. The van der Waals surface area contributed by atoms with E-state index in [1.165, 1.54) is 16.7 Å². The molecular weight excluding hydrogens is 408 g/mol. The molecule has 0 saturated carbocycles. The molecule has 172 valence electrons. The maximum atomic E-state index is 6.00. The van der Waals surface area contributed by atoms with Crippen LogP contribution in [0.1, 0.15) is 80.3 Å². The SMILES string of the molecule is COc1cc([C@@H](C)C#Cc2c(C)nc(N)nc2N)ccc1-c1c(C(C)C)cccc1C(C)C. The molecule has 0 bridgehead atoms. The molecule has 5 heteroatoms. The highest BCUT2D eigenvalue weighted by molar-refractivity contribution is 5.78. The summed E-state index contributed by atoms with van der Waals surface area (Å²) in [5.41, 5.74) is 19.1. The van der Waals surface area contributed by atoms with Gasteiger partial charge >= 0.3 is 0 Å². The Bertz CT molecular complexity index is 1170. The van der Waals surface area contributed by atoms with Crippen LogP contribution in [-0.2, 0) is 0 Å². The summed E-state index contributed by atoms with van der Waals surface area (Å²) in [5, 5.41) is 0. The number of aryl methyl sites for hydroxylation is 1. The Morgan fingerprint density at radius 3 is 2.09 bits per heavy atom. The van der Waals surface area contributed by atoms with E-state index in [-0.39, 0.29) is 11.9 Å². The zero-order chi connectivity index (χ0) is 24.3. The van der Waals surface area contributed by atoms with E-state index in [1.807, 2.05) is 6.92 Å². The van der Waals surface area contributed by atoms with Gasteiger partial charge in [0.15, 0.2) is 0 Å². The van der Waals surface area contributed by atoms with Crippen molar-refractivity contribution in [2.75, 3.05) is 18.6 Å². The lowest BCUT2D eigenvalue weighted by atomic mass is 9.84. The number of rotatable bonds is 5. The smallest absolute Gasteiger partial charge is 0.222 e. The third kappa shape index (κ3) is 5.12. The summed E-state index contributed by atoms with van der Waals surface area (Å²) in [6.45, 7) is 12.8. The van der Waals surface area contributed by atoms with Gasteiger partial charge in [-0.2, -0.15) is 4.98 Å². The number of hydrogen-bond donors (Lipinski definition) is 2. The van der Waals surface area contributed by atoms with E-state index in [0.717, 1.165) is 16.9 Å². The van der Waals surface area contributed by atoms with E-state index in [1.54, 1.807) is 7.11 Å². The van der Waals surface area contributed by atoms with Crippen LogP contribution in [0.4, 0.5) is 11.8 Å². The van der Waals surface area contributed by atoms with Crippen LogP contribution in [0.25, 0.3) is 11.1 Å². The fourth-order valence-corrected chi connectivity index (χ4v) is 4.08. The Hall–Kier alpha value is -3.52. The first kappa shape index (κ1) is 24.1. The van der Waals surface area contributed by atoms with E-state index in [4.69, 9.17) is 16.2 Å². The average molecular weight is 443 g/mol. The van der Waals surface area contributed by atoms with Crippen LogP contribution >= 0.6 is 0 Å². The fraction of sp³-hybridized carbons (Fsp3) is 0.357. The van der Waals surface area contributed by atoms with Gasteiger partial charge in [0, 0.05) is 11.5 Å². The van der Waals surface area contributed by atoms with Crippen molar-refractivity contribution < 1.29 is 4.74 Å². The first-order valence-electron chi connectivity index (χ1n) is 11.4. The highest BCUT2D eigenvalue weighted by atomic mass is 16.5. The lowest BCUT2D eigenvalue weighted by Crippen LogP contribution is -2.05. The molecule has 4 N–H and O–H groups in total. The van der Waals surface area contributed by atoms with Gasteiger partial charge in [-0.25, -0.2) is 4.98 Å².